The predicted molar refractivity (Wildman–Crippen MR) is 69.8 cm³/mol. The van der Waals surface area contributed by atoms with Crippen LogP contribution in [-0.2, 0) is 0 Å². The van der Waals surface area contributed by atoms with Crippen molar-refractivity contribution < 1.29 is 15.2 Å². The molecule has 0 unspecified atom stereocenters. The van der Waals surface area contributed by atoms with Crippen LogP contribution in [-0.4, -0.2) is 31.4 Å². The number of ether oxygens (including phenoxy) is 1. The Bertz CT molecular complexity index is 332. The van der Waals surface area contributed by atoms with Crippen LogP contribution in [0, 0.1) is 13.8 Å². The van der Waals surface area contributed by atoms with Gasteiger partial charge in [0.05, 0.1) is 26.3 Å². The molecule has 0 atom stereocenters. The van der Waals surface area contributed by atoms with Crippen molar-refractivity contribution in [3.8, 4) is 5.75 Å². The van der Waals surface area contributed by atoms with Gasteiger partial charge in [-0.2, -0.15) is 0 Å². The number of nitrogens with two attached hydrogens (primary N) is 1. The van der Waals surface area contributed by atoms with Gasteiger partial charge in [-0.15, -0.1) is 0 Å². The van der Waals surface area contributed by atoms with Gasteiger partial charge in [0, 0.05) is 11.4 Å². The number of aliphatic hydroxyl groups excluding tert-OH is 1. The van der Waals surface area contributed by atoms with E-state index in [9.17, 15) is 0 Å². The number of benzene rings is 1. The summed E-state index contributed by atoms with van der Waals surface area (Å²) in [5.74, 6) is 0.881. The SMILES string of the molecule is Cc1cc(OCCC[NH2+]CCO)cc(C)c1Cl. The van der Waals surface area contributed by atoms with Crippen LogP contribution < -0.4 is 10.1 Å². The topological polar surface area (TPSA) is 46.1 Å². The zero-order chi connectivity index (χ0) is 12.7. The molecule has 3 N–H and O–H groups in total. The maximum absolute atomic E-state index is 8.61. The standard InChI is InChI=1S/C13H20ClNO2/c1-10-8-12(9-11(2)13(10)14)17-7-3-4-15-5-6-16/h8-9,15-16H,3-7H2,1-2H3/p+1. The summed E-state index contributed by atoms with van der Waals surface area (Å²) in [4.78, 5) is 0. The van der Waals surface area contributed by atoms with Crippen molar-refractivity contribution in [1.29, 1.82) is 0 Å². The van der Waals surface area contributed by atoms with Gasteiger partial charge in [0.1, 0.15) is 5.75 Å². The number of hydrogen-bond acceptors (Lipinski definition) is 2. The van der Waals surface area contributed by atoms with E-state index in [4.69, 9.17) is 21.4 Å². The van der Waals surface area contributed by atoms with E-state index >= 15 is 0 Å². The maximum atomic E-state index is 8.61. The molecule has 0 saturated carbocycles. The minimum absolute atomic E-state index is 0.233. The number of rotatable bonds is 7. The zero-order valence-corrected chi connectivity index (χ0v) is 11.3. The van der Waals surface area contributed by atoms with E-state index in [1.54, 1.807) is 0 Å². The maximum Gasteiger partial charge on any atom is 0.119 e. The Kier molecular flexibility index (Phi) is 6.34. The Labute approximate surface area is 108 Å². The number of hydrogen-bond donors (Lipinski definition) is 2. The smallest absolute Gasteiger partial charge is 0.119 e. The Morgan fingerprint density at radius 1 is 1.24 bits per heavy atom. The molecule has 3 nitrogen and oxygen atoms in total. The van der Waals surface area contributed by atoms with E-state index in [2.05, 4.69) is 5.32 Å². The average Bonchev–Trinajstić information content (AvgIpc) is 2.30. The van der Waals surface area contributed by atoms with Crippen molar-refractivity contribution in [1.82, 2.24) is 0 Å². The van der Waals surface area contributed by atoms with Crippen molar-refractivity contribution in [3.63, 3.8) is 0 Å². The molecule has 1 aromatic carbocycles. The van der Waals surface area contributed by atoms with Crippen LogP contribution in [0.2, 0.25) is 5.02 Å². The molecule has 0 heterocycles. The molecule has 96 valence electrons. The molecule has 0 aliphatic heterocycles. The molecule has 0 aromatic heterocycles. The number of aryl methyl sites for hydroxylation is 2. The lowest BCUT2D eigenvalue weighted by Crippen LogP contribution is -2.85. The van der Waals surface area contributed by atoms with E-state index in [0.717, 1.165) is 41.4 Å². The van der Waals surface area contributed by atoms with Gasteiger partial charge < -0.3 is 15.2 Å². The molecule has 0 fully saturated rings. The normalized spacial score (nSPS) is 10.6. The summed E-state index contributed by atoms with van der Waals surface area (Å²) in [5, 5.41) is 11.5. The second kappa shape index (κ2) is 7.54. The first-order valence-corrected chi connectivity index (χ1v) is 6.35. The zero-order valence-electron chi connectivity index (χ0n) is 10.5. The van der Waals surface area contributed by atoms with E-state index in [1.165, 1.54) is 0 Å². The van der Waals surface area contributed by atoms with Crippen LogP contribution in [0.15, 0.2) is 12.1 Å². The fourth-order valence-electron chi connectivity index (χ4n) is 1.64. The van der Waals surface area contributed by atoms with Crippen LogP contribution in [0.4, 0.5) is 0 Å². The van der Waals surface area contributed by atoms with Crippen LogP contribution in [0.1, 0.15) is 17.5 Å². The lowest BCUT2D eigenvalue weighted by atomic mass is 10.1. The van der Waals surface area contributed by atoms with Gasteiger partial charge in [-0.3, -0.25) is 0 Å². The van der Waals surface area contributed by atoms with Crippen LogP contribution in [0.5, 0.6) is 5.75 Å². The van der Waals surface area contributed by atoms with Gasteiger partial charge in [0.15, 0.2) is 0 Å². The van der Waals surface area contributed by atoms with E-state index < -0.39 is 0 Å². The third-order valence-corrected chi connectivity index (χ3v) is 3.16. The molecule has 17 heavy (non-hydrogen) atoms. The van der Waals surface area contributed by atoms with Crippen LogP contribution in [0.3, 0.4) is 0 Å². The first kappa shape index (κ1) is 14.3. The Morgan fingerprint density at radius 3 is 2.47 bits per heavy atom. The van der Waals surface area contributed by atoms with Crippen LogP contribution >= 0.6 is 11.6 Å². The first-order valence-electron chi connectivity index (χ1n) is 5.97. The molecule has 1 aromatic rings. The highest BCUT2D eigenvalue weighted by Gasteiger charge is 2.03. The van der Waals surface area contributed by atoms with Gasteiger partial charge in [-0.05, 0) is 37.1 Å². The average molecular weight is 259 g/mol. The minimum Gasteiger partial charge on any atom is -0.493 e. The molecule has 0 bridgehead atoms. The summed E-state index contributed by atoms with van der Waals surface area (Å²) in [6.45, 7) is 6.64. The summed E-state index contributed by atoms with van der Waals surface area (Å²) in [7, 11) is 0. The lowest BCUT2D eigenvalue weighted by molar-refractivity contribution is -0.656. The molecule has 0 aliphatic rings. The molecule has 0 amide bonds. The molecule has 0 aliphatic carbocycles. The van der Waals surface area contributed by atoms with Crippen molar-refractivity contribution in [2.75, 3.05) is 26.3 Å². The largest absolute Gasteiger partial charge is 0.493 e. The van der Waals surface area contributed by atoms with E-state index in [-0.39, 0.29) is 6.61 Å². The number of halogens is 1. The van der Waals surface area contributed by atoms with Crippen LogP contribution in [0.25, 0.3) is 0 Å². The molecular weight excluding hydrogens is 238 g/mol. The van der Waals surface area contributed by atoms with Crippen molar-refractivity contribution in [3.05, 3.63) is 28.3 Å². The van der Waals surface area contributed by atoms with Crippen molar-refractivity contribution in [2.24, 2.45) is 0 Å². The molecule has 0 radical (unpaired) electrons. The summed E-state index contributed by atoms with van der Waals surface area (Å²) in [6, 6.07) is 3.93. The minimum atomic E-state index is 0.233. The summed E-state index contributed by atoms with van der Waals surface area (Å²) in [6.07, 6.45) is 0.973. The molecule has 1 rings (SSSR count). The quantitative estimate of drug-likeness (QED) is 0.724. The number of aliphatic hydroxyl groups is 1. The first-order chi connectivity index (χ1) is 8.15. The van der Waals surface area contributed by atoms with Gasteiger partial charge in [0.25, 0.3) is 0 Å². The molecular formula is C13H21ClNO2+. The number of quaternary nitrogens is 1. The Morgan fingerprint density at radius 2 is 1.88 bits per heavy atom. The fraction of sp³-hybridized carbons (Fsp3) is 0.538. The van der Waals surface area contributed by atoms with Gasteiger partial charge in [0.2, 0.25) is 0 Å². The van der Waals surface area contributed by atoms with Gasteiger partial charge in [-0.25, -0.2) is 0 Å². The van der Waals surface area contributed by atoms with Crippen molar-refractivity contribution >= 4 is 11.6 Å². The molecule has 0 spiro atoms. The molecule has 4 heteroatoms. The monoisotopic (exact) mass is 258 g/mol. The fourth-order valence-corrected chi connectivity index (χ4v) is 1.75. The Hall–Kier alpha value is -0.770. The van der Waals surface area contributed by atoms with Crippen molar-refractivity contribution in [2.45, 2.75) is 20.3 Å². The Balaban J connectivity index is 2.32. The lowest BCUT2D eigenvalue weighted by Gasteiger charge is -2.09. The third-order valence-electron chi connectivity index (χ3n) is 2.56. The second-order valence-electron chi connectivity index (χ2n) is 4.16. The highest BCUT2D eigenvalue weighted by molar-refractivity contribution is 6.32. The van der Waals surface area contributed by atoms with Gasteiger partial charge >= 0.3 is 0 Å². The molecule has 0 saturated heterocycles. The summed E-state index contributed by atoms with van der Waals surface area (Å²) >= 11 is 6.08. The third kappa shape index (κ3) is 4.94. The predicted octanol–water partition coefficient (Wildman–Crippen LogP) is 1.28. The summed E-state index contributed by atoms with van der Waals surface area (Å²) < 4.78 is 5.66. The highest BCUT2D eigenvalue weighted by atomic mass is 35.5. The highest BCUT2D eigenvalue weighted by Crippen LogP contribution is 2.25. The van der Waals surface area contributed by atoms with E-state index in [0.29, 0.717) is 6.61 Å². The summed E-state index contributed by atoms with van der Waals surface area (Å²) in [5.41, 5.74) is 2.10. The van der Waals surface area contributed by atoms with Gasteiger partial charge in [-0.1, -0.05) is 11.6 Å². The second-order valence-corrected chi connectivity index (χ2v) is 4.54. The van der Waals surface area contributed by atoms with E-state index in [1.807, 2.05) is 26.0 Å².